The third-order valence-electron chi connectivity index (χ3n) is 1.13. The second-order valence-electron chi connectivity index (χ2n) is 2.67. The summed E-state index contributed by atoms with van der Waals surface area (Å²) in [4.78, 5) is 0. The Hall–Kier alpha value is -0.990. The molecule has 1 rings (SSSR count). The molecule has 0 saturated heterocycles. The smallest absolute Gasteiger partial charge is 0.120 e. The van der Waals surface area contributed by atoms with Gasteiger partial charge in [0.25, 0.3) is 0 Å². The van der Waals surface area contributed by atoms with Crippen molar-refractivity contribution in [3.8, 4) is 0 Å². The molecule has 53 valence electrons. The van der Waals surface area contributed by atoms with E-state index in [0.717, 1.165) is 12.0 Å². The highest BCUT2D eigenvalue weighted by atomic mass is 15.3. The molecule has 1 radical (unpaired) electrons. The van der Waals surface area contributed by atoms with Crippen LogP contribution in [0.2, 0.25) is 0 Å². The molecule has 0 aliphatic rings. The molecule has 0 aliphatic carbocycles. The van der Waals surface area contributed by atoms with Gasteiger partial charge in [-0.25, -0.2) is 0 Å². The lowest BCUT2D eigenvalue weighted by Gasteiger charge is -2.00. The highest BCUT2D eigenvalue weighted by Gasteiger charge is 1.96. The van der Waals surface area contributed by atoms with E-state index in [4.69, 9.17) is 0 Å². The Morgan fingerprint density at radius 2 is 2.40 bits per heavy atom. The lowest BCUT2D eigenvalue weighted by Crippen LogP contribution is -1.97. The second-order valence-corrected chi connectivity index (χ2v) is 2.67. The molecule has 0 N–H and O–H groups in total. The summed E-state index contributed by atoms with van der Waals surface area (Å²) in [6.45, 7) is 4.29. The lowest BCUT2D eigenvalue weighted by molar-refractivity contribution is 0.637. The van der Waals surface area contributed by atoms with Gasteiger partial charge in [0.05, 0.1) is 6.20 Å². The summed E-state index contributed by atoms with van der Waals surface area (Å²) in [6, 6.07) is 0. The first-order chi connectivity index (χ1) is 4.79. The molecule has 0 aliphatic heterocycles. The van der Waals surface area contributed by atoms with Gasteiger partial charge in [0.2, 0.25) is 0 Å². The summed E-state index contributed by atoms with van der Waals surface area (Å²) >= 11 is 0. The third-order valence-corrected chi connectivity index (χ3v) is 1.13. The van der Waals surface area contributed by atoms with E-state index in [1.54, 1.807) is 6.20 Å². The maximum absolute atomic E-state index is 3.65. The standard InChI is InChI=1S/C7H10N3/c1-6(2)3-7-4-8-10-9-5-7/h4,6H,3H2,1-2H3. The summed E-state index contributed by atoms with van der Waals surface area (Å²) in [6.07, 6.45) is 5.45. The fourth-order valence-electron chi connectivity index (χ4n) is 0.775. The van der Waals surface area contributed by atoms with Crippen molar-refractivity contribution in [1.82, 2.24) is 15.4 Å². The van der Waals surface area contributed by atoms with Crippen LogP contribution in [0.1, 0.15) is 19.4 Å². The van der Waals surface area contributed by atoms with Crippen LogP contribution < -0.4 is 0 Å². The van der Waals surface area contributed by atoms with Crippen LogP contribution in [-0.2, 0) is 6.42 Å². The van der Waals surface area contributed by atoms with E-state index in [9.17, 15) is 0 Å². The van der Waals surface area contributed by atoms with Crippen molar-refractivity contribution in [3.05, 3.63) is 18.0 Å². The van der Waals surface area contributed by atoms with Crippen molar-refractivity contribution in [3.63, 3.8) is 0 Å². The molecule has 0 spiro atoms. The van der Waals surface area contributed by atoms with Crippen molar-refractivity contribution < 1.29 is 0 Å². The molecule has 3 heteroatoms. The summed E-state index contributed by atoms with van der Waals surface area (Å²) in [5.74, 6) is 0.627. The van der Waals surface area contributed by atoms with Crippen LogP contribution in [0.5, 0.6) is 0 Å². The van der Waals surface area contributed by atoms with Crippen molar-refractivity contribution in [2.45, 2.75) is 20.3 Å². The number of hydrogen-bond acceptors (Lipinski definition) is 3. The Morgan fingerprint density at radius 3 is 2.90 bits per heavy atom. The van der Waals surface area contributed by atoms with Crippen LogP contribution in [-0.4, -0.2) is 15.4 Å². The zero-order valence-corrected chi connectivity index (χ0v) is 6.20. The van der Waals surface area contributed by atoms with Crippen molar-refractivity contribution in [2.75, 3.05) is 0 Å². The maximum Gasteiger partial charge on any atom is 0.120 e. The van der Waals surface area contributed by atoms with Crippen LogP contribution in [0, 0.1) is 12.1 Å². The molecule has 1 heterocycles. The molecule has 3 nitrogen and oxygen atoms in total. The molecule has 0 atom stereocenters. The first kappa shape index (κ1) is 7.12. The number of rotatable bonds is 2. The predicted octanol–water partition coefficient (Wildman–Crippen LogP) is 0.870. The van der Waals surface area contributed by atoms with Gasteiger partial charge in [-0.15, -0.1) is 10.2 Å². The van der Waals surface area contributed by atoms with Crippen LogP contribution >= 0.6 is 0 Å². The first-order valence-electron chi connectivity index (χ1n) is 3.34. The van der Waals surface area contributed by atoms with E-state index in [1.165, 1.54) is 0 Å². The van der Waals surface area contributed by atoms with Crippen molar-refractivity contribution in [2.24, 2.45) is 5.92 Å². The predicted molar refractivity (Wildman–Crippen MR) is 37.2 cm³/mol. The highest BCUT2D eigenvalue weighted by molar-refractivity contribution is 4.99. The Balaban J connectivity index is 2.59. The SMILES string of the molecule is CC(C)Cc1[c]nnnc1. The van der Waals surface area contributed by atoms with Gasteiger partial charge in [-0.2, -0.15) is 0 Å². The van der Waals surface area contributed by atoms with Gasteiger partial charge in [0, 0.05) is 5.56 Å². The molecule has 0 saturated carbocycles. The fourth-order valence-corrected chi connectivity index (χ4v) is 0.775. The van der Waals surface area contributed by atoms with E-state index in [1.807, 2.05) is 0 Å². The average Bonchev–Trinajstić information content (AvgIpc) is 1.88. The Morgan fingerprint density at radius 1 is 1.60 bits per heavy atom. The monoisotopic (exact) mass is 136 g/mol. The van der Waals surface area contributed by atoms with E-state index >= 15 is 0 Å². The molecular formula is C7H10N3. The third kappa shape index (κ3) is 2.09. The lowest BCUT2D eigenvalue weighted by atomic mass is 10.1. The zero-order chi connectivity index (χ0) is 7.40. The van der Waals surface area contributed by atoms with Gasteiger partial charge in [0.1, 0.15) is 6.20 Å². The van der Waals surface area contributed by atoms with Gasteiger partial charge < -0.3 is 0 Å². The molecule has 0 bridgehead atoms. The van der Waals surface area contributed by atoms with Crippen molar-refractivity contribution in [1.29, 1.82) is 0 Å². The van der Waals surface area contributed by atoms with Gasteiger partial charge >= 0.3 is 0 Å². The zero-order valence-electron chi connectivity index (χ0n) is 6.20. The molecule has 1 aromatic rings. The summed E-state index contributed by atoms with van der Waals surface area (Å²) in [7, 11) is 0. The minimum absolute atomic E-state index is 0.627. The van der Waals surface area contributed by atoms with Crippen LogP contribution in [0.4, 0.5) is 0 Å². The van der Waals surface area contributed by atoms with E-state index < -0.39 is 0 Å². The molecule has 1 aromatic heterocycles. The molecule has 0 amide bonds. The first-order valence-corrected chi connectivity index (χ1v) is 3.34. The van der Waals surface area contributed by atoms with Crippen LogP contribution in [0.25, 0.3) is 0 Å². The largest absolute Gasteiger partial charge is 0.138 e. The Labute approximate surface area is 60.5 Å². The number of nitrogens with zero attached hydrogens (tertiary/aromatic N) is 3. The van der Waals surface area contributed by atoms with Gasteiger partial charge in [-0.3, -0.25) is 0 Å². The normalized spacial score (nSPS) is 10.3. The van der Waals surface area contributed by atoms with E-state index in [0.29, 0.717) is 5.92 Å². The van der Waals surface area contributed by atoms with Gasteiger partial charge in [0.15, 0.2) is 0 Å². The summed E-state index contributed by atoms with van der Waals surface area (Å²) < 4.78 is 0. The molecule has 0 unspecified atom stereocenters. The fraction of sp³-hybridized carbons (Fsp3) is 0.571. The van der Waals surface area contributed by atoms with Gasteiger partial charge in [-0.1, -0.05) is 13.8 Å². The summed E-state index contributed by atoms with van der Waals surface area (Å²) in [5.41, 5.74) is 1.03. The topological polar surface area (TPSA) is 38.7 Å². The van der Waals surface area contributed by atoms with Gasteiger partial charge in [-0.05, 0) is 17.6 Å². The van der Waals surface area contributed by atoms with Crippen LogP contribution in [0.3, 0.4) is 0 Å². The average molecular weight is 136 g/mol. The number of aromatic nitrogens is 3. The van der Waals surface area contributed by atoms with Crippen molar-refractivity contribution >= 4 is 0 Å². The number of hydrogen-bond donors (Lipinski definition) is 0. The molecule has 0 fully saturated rings. The maximum atomic E-state index is 3.65. The minimum atomic E-state index is 0.627. The quantitative estimate of drug-likeness (QED) is 0.605. The summed E-state index contributed by atoms with van der Waals surface area (Å²) in [5, 5.41) is 10.6. The molecule has 10 heavy (non-hydrogen) atoms. The van der Waals surface area contributed by atoms with E-state index in [2.05, 4.69) is 35.5 Å². The molecule has 0 aromatic carbocycles. The van der Waals surface area contributed by atoms with E-state index in [-0.39, 0.29) is 0 Å². The highest BCUT2D eigenvalue weighted by Crippen LogP contribution is 2.02. The second kappa shape index (κ2) is 3.25. The minimum Gasteiger partial charge on any atom is -0.138 e. The molecular weight excluding hydrogens is 126 g/mol. The van der Waals surface area contributed by atoms with Crippen LogP contribution in [0.15, 0.2) is 6.20 Å². The Bertz CT molecular complexity index is 183. The Kier molecular flexibility index (Phi) is 2.31.